The van der Waals surface area contributed by atoms with Gasteiger partial charge in [0.25, 0.3) is 0 Å². The van der Waals surface area contributed by atoms with E-state index < -0.39 is 23.3 Å². The molecule has 1 aromatic rings. The molecule has 0 saturated heterocycles. The van der Waals surface area contributed by atoms with Gasteiger partial charge >= 0.3 is 12.2 Å². The molecule has 1 aromatic carbocycles. The molecule has 21 heavy (non-hydrogen) atoms. The van der Waals surface area contributed by atoms with E-state index in [4.69, 9.17) is 18.0 Å². The van der Waals surface area contributed by atoms with Crippen molar-refractivity contribution in [2.45, 2.75) is 32.0 Å². The van der Waals surface area contributed by atoms with Gasteiger partial charge in [0.2, 0.25) is 0 Å². The summed E-state index contributed by atoms with van der Waals surface area (Å²) >= 11 is 4.87. The minimum Gasteiger partial charge on any atom is -0.391 e. The zero-order chi connectivity index (χ0) is 16.3. The van der Waals surface area contributed by atoms with Crippen molar-refractivity contribution in [3.8, 4) is 0 Å². The highest BCUT2D eigenvalue weighted by molar-refractivity contribution is 7.80. The largest absolute Gasteiger partial charge is 0.416 e. The lowest BCUT2D eigenvalue weighted by atomic mass is 9.99. The molecule has 116 valence electrons. The molecule has 0 saturated carbocycles. The van der Waals surface area contributed by atoms with Crippen LogP contribution in [0.25, 0.3) is 0 Å². The number of carbonyl (C=O) groups is 1. The van der Waals surface area contributed by atoms with Crippen LogP contribution in [0.2, 0.25) is 0 Å². The highest BCUT2D eigenvalue weighted by Crippen LogP contribution is 2.30. The van der Waals surface area contributed by atoms with Gasteiger partial charge in [-0.25, -0.2) is 4.79 Å². The summed E-state index contributed by atoms with van der Waals surface area (Å²) in [7, 11) is 0. The molecular weight excluding hydrogens is 303 g/mol. The third-order valence-electron chi connectivity index (χ3n) is 3.09. The van der Waals surface area contributed by atoms with E-state index in [1.165, 1.54) is 12.1 Å². The summed E-state index contributed by atoms with van der Waals surface area (Å²) in [6.07, 6.45) is -4.01. The van der Waals surface area contributed by atoms with Crippen LogP contribution in [0.4, 0.5) is 23.7 Å². The van der Waals surface area contributed by atoms with Crippen molar-refractivity contribution in [3.05, 3.63) is 29.8 Å². The Labute approximate surface area is 125 Å². The van der Waals surface area contributed by atoms with Crippen LogP contribution in [0, 0.1) is 0 Å². The van der Waals surface area contributed by atoms with Gasteiger partial charge in [0.1, 0.15) is 0 Å². The highest BCUT2D eigenvalue weighted by atomic mass is 32.1. The monoisotopic (exact) mass is 319 g/mol. The first-order valence-corrected chi connectivity index (χ1v) is 6.55. The molecule has 0 fully saturated rings. The lowest BCUT2D eigenvalue weighted by Gasteiger charge is -2.28. The second kappa shape index (κ2) is 6.30. The van der Waals surface area contributed by atoms with Crippen molar-refractivity contribution in [3.63, 3.8) is 0 Å². The zero-order valence-electron chi connectivity index (χ0n) is 11.5. The summed E-state index contributed by atoms with van der Waals surface area (Å²) < 4.78 is 37.7. The SMILES string of the molecule is CCC(C)(NC(=O)Nc1cccc(C(F)(F)F)c1)C(N)=S. The topological polar surface area (TPSA) is 67.2 Å². The predicted molar refractivity (Wildman–Crippen MR) is 79.1 cm³/mol. The summed E-state index contributed by atoms with van der Waals surface area (Å²) in [6, 6.07) is 3.67. The van der Waals surface area contributed by atoms with Gasteiger partial charge in [0.05, 0.1) is 16.1 Å². The van der Waals surface area contributed by atoms with E-state index in [1.807, 2.05) is 0 Å². The van der Waals surface area contributed by atoms with Crippen molar-refractivity contribution in [2.75, 3.05) is 5.32 Å². The molecule has 0 spiro atoms. The number of urea groups is 1. The lowest BCUT2D eigenvalue weighted by Crippen LogP contribution is -2.55. The Morgan fingerprint density at radius 2 is 2.00 bits per heavy atom. The van der Waals surface area contributed by atoms with Gasteiger partial charge in [-0.1, -0.05) is 25.2 Å². The third-order valence-corrected chi connectivity index (χ3v) is 3.54. The Morgan fingerprint density at radius 3 is 2.48 bits per heavy atom. The van der Waals surface area contributed by atoms with E-state index in [0.29, 0.717) is 6.42 Å². The number of carbonyl (C=O) groups excluding carboxylic acids is 1. The standard InChI is InChI=1S/C13H16F3N3OS/c1-3-12(2,10(17)21)19-11(20)18-9-6-4-5-8(7-9)13(14,15)16/h4-7H,3H2,1-2H3,(H2,17,21)(H2,18,19,20). The molecule has 0 aliphatic carbocycles. The van der Waals surface area contributed by atoms with Gasteiger partial charge in [0.15, 0.2) is 0 Å². The molecular formula is C13H16F3N3OS. The molecule has 0 radical (unpaired) electrons. The van der Waals surface area contributed by atoms with Crippen LogP contribution >= 0.6 is 12.2 Å². The smallest absolute Gasteiger partial charge is 0.391 e. The van der Waals surface area contributed by atoms with Crippen molar-refractivity contribution in [1.82, 2.24) is 5.32 Å². The second-order valence-electron chi connectivity index (χ2n) is 4.71. The number of anilines is 1. The van der Waals surface area contributed by atoms with Crippen LogP contribution in [-0.2, 0) is 6.18 Å². The van der Waals surface area contributed by atoms with Gasteiger partial charge in [-0.3, -0.25) is 0 Å². The van der Waals surface area contributed by atoms with Crippen molar-refractivity contribution in [1.29, 1.82) is 0 Å². The Kier molecular flexibility index (Phi) is 5.16. The molecule has 0 aromatic heterocycles. The zero-order valence-corrected chi connectivity index (χ0v) is 12.4. The molecule has 4 nitrogen and oxygen atoms in total. The minimum absolute atomic E-state index is 0.0312. The maximum atomic E-state index is 12.6. The quantitative estimate of drug-likeness (QED) is 0.746. The van der Waals surface area contributed by atoms with Gasteiger partial charge in [-0.15, -0.1) is 0 Å². The first-order chi connectivity index (χ1) is 9.58. The molecule has 0 aliphatic heterocycles. The van der Waals surface area contributed by atoms with Crippen molar-refractivity contribution >= 4 is 28.9 Å². The summed E-state index contributed by atoms with van der Waals surface area (Å²) in [5, 5.41) is 4.89. The van der Waals surface area contributed by atoms with Gasteiger partial charge in [-0.2, -0.15) is 13.2 Å². The summed E-state index contributed by atoms with van der Waals surface area (Å²) in [6.45, 7) is 3.42. The second-order valence-corrected chi connectivity index (χ2v) is 5.15. The molecule has 0 heterocycles. The molecule has 1 unspecified atom stereocenters. The van der Waals surface area contributed by atoms with Crippen LogP contribution in [0.5, 0.6) is 0 Å². The summed E-state index contributed by atoms with van der Waals surface area (Å²) in [4.78, 5) is 11.9. The van der Waals surface area contributed by atoms with Crippen LogP contribution in [0.1, 0.15) is 25.8 Å². The Hall–Kier alpha value is -1.83. The van der Waals surface area contributed by atoms with Crippen LogP contribution in [0.15, 0.2) is 24.3 Å². The van der Waals surface area contributed by atoms with Crippen molar-refractivity contribution in [2.24, 2.45) is 5.73 Å². The number of hydrogen-bond acceptors (Lipinski definition) is 2. The number of thiocarbonyl (C=S) groups is 1. The highest BCUT2D eigenvalue weighted by Gasteiger charge is 2.31. The molecule has 8 heteroatoms. The number of nitrogens with one attached hydrogen (secondary N) is 2. The van der Waals surface area contributed by atoms with Crippen LogP contribution in [0.3, 0.4) is 0 Å². The Morgan fingerprint density at radius 1 is 1.38 bits per heavy atom. The fourth-order valence-corrected chi connectivity index (χ4v) is 1.71. The lowest BCUT2D eigenvalue weighted by molar-refractivity contribution is -0.137. The van der Waals surface area contributed by atoms with E-state index in [0.717, 1.165) is 12.1 Å². The van der Waals surface area contributed by atoms with E-state index >= 15 is 0 Å². The minimum atomic E-state index is -4.47. The number of benzene rings is 1. The first-order valence-electron chi connectivity index (χ1n) is 6.15. The predicted octanol–water partition coefficient (Wildman–Crippen LogP) is 3.28. The van der Waals surface area contributed by atoms with E-state index in [2.05, 4.69) is 10.6 Å². The number of amides is 2. The average molecular weight is 319 g/mol. The van der Waals surface area contributed by atoms with Crippen LogP contribution < -0.4 is 16.4 Å². The number of halogens is 3. The maximum Gasteiger partial charge on any atom is 0.416 e. The normalized spacial score (nSPS) is 14.1. The van der Waals surface area contributed by atoms with Gasteiger partial charge < -0.3 is 16.4 Å². The molecule has 1 atom stereocenters. The van der Waals surface area contributed by atoms with E-state index in [1.54, 1.807) is 13.8 Å². The summed E-state index contributed by atoms with van der Waals surface area (Å²) in [5.74, 6) is 0. The molecule has 1 rings (SSSR count). The number of nitrogens with two attached hydrogens (primary N) is 1. The average Bonchev–Trinajstić information content (AvgIpc) is 2.37. The number of hydrogen-bond donors (Lipinski definition) is 3. The first kappa shape index (κ1) is 17.2. The Balaban J connectivity index is 2.83. The van der Waals surface area contributed by atoms with Crippen LogP contribution in [-0.4, -0.2) is 16.6 Å². The Bertz CT molecular complexity index is 548. The van der Waals surface area contributed by atoms with E-state index in [-0.39, 0.29) is 10.7 Å². The fraction of sp³-hybridized carbons (Fsp3) is 0.385. The van der Waals surface area contributed by atoms with E-state index in [9.17, 15) is 18.0 Å². The number of rotatable bonds is 4. The molecule has 0 bridgehead atoms. The molecule has 4 N–H and O–H groups in total. The number of alkyl halides is 3. The molecule has 2 amide bonds. The summed E-state index contributed by atoms with van der Waals surface area (Å²) in [5.41, 5.74) is 3.83. The molecule has 0 aliphatic rings. The third kappa shape index (κ3) is 4.59. The van der Waals surface area contributed by atoms with Gasteiger partial charge in [0, 0.05) is 5.69 Å². The van der Waals surface area contributed by atoms with Crippen molar-refractivity contribution < 1.29 is 18.0 Å². The maximum absolute atomic E-state index is 12.6. The van der Waals surface area contributed by atoms with Gasteiger partial charge in [-0.05, 0) is 31.5 Å². The fourth-order valence-electron chi connectivity index (χ4n) is 1.51.